The molecule has 0 spiro atoms. The Morgan fingerprint density at radius 3 is 2.05 bits per heavy atom. The van der Waals surface area contributed by atoms with Crippen molar-refractivity contribution < 1.29 is 9.31 Å². The molecule has 1 aliphatic heterocycles. The second-order valence-corrected chi connectivity index (χ2v) is 7.12. The van der Waals surface area contributed by atoms with Crippen LogP contribution in [0.25, 0.3) is 11.1 Å². The first-order valence-electron chi connectivity index (χ1n) is 7.51. The molecule has 0 saturated carbocycles. The van der Waals surface area contributed by atoms with Crippen molar-refractivity contribution in [2.24, 2.45) is 0 Å². The van der Waals surface area contributed by atoms with E-state index in [9.17, 15) is 0 Å². The minimum absolute atomic E-state index is 0.356. The lowest BCUT2D eigenvalue weighted by atomic mass is 9.74. The van der Waals surface area contributed by atoms with Crippen LogP contribution in [-0.2, 0) is 9.31 Å². The normalized spacial score (nSPS) is 19.4. The van der Waals surface area contributed by atoms with Crippen molar-refractivity contribution in [1.29, 1.82) is 0 Å². The maximum absolute atomic E-state index is 6.20. The molecule has 0 unspecified atom stereocenters. The molecule has 2 aromatic rings. The number of benzene rings is 2. The molecule has 22 heavy (non-hydrogen) atoms. The highest BCUT2D eigenvalue weighted by Gasteiger charge is 2.52. The summed E-state index contributed by atoms with van der Waals surface area (Å²) in [5, 5.41) is 0.708. The monoisotopic (exact) mass is 314 g/mol. The average Bonchev–Trinajstić information content (AvgIpc) is 2.68. The zero-order valence-electron chi connectivity index (χ0n) is 13.4. The Labute approximate surface area is 137 Å². The molecule has 0 radical (unpaired) electrons. The molecule has 0 amide bonds. The van der Waals surface area contributed by atoms with E-state index < -0.39 is 7.12 Å². The number of halogens is 1. The Balaban J connectivity index is 2.06. The Morgan fingerprint density at radius 2 is 1.45 bits per heavy atom. The van der Waals surface area contributed by atoms with Gasteiger partial charge >= 0.3 is 7.12 Å². The third-order valence-corrected chi connectivity index (χ3v) is 4.84. The Bertz CT molecular complexity index is 667. The number of rotatable bonds is 2. The van der Waals surface area contributed by atoms with E-state index in [0.717, 1.165) is 16.6 Å². The van der Waals surface area contributed by atoms with Gasteiger partial charge in [-0.15, -0.1) is 0 Å². The second-order valence-electron chi connectivity index (χ2n) is 6.69. The topological polar surface area (TPSA) is 18.5 Å². The maximum atomic E-state index is 6.20. The molecule has 4 heteroatoms. The van der Waals surface area contributed by atoms with E-state index in [2.05, 4.69) is 39.8 Å². The van der Waals surface area contributed by atoms with E-state index in [4.69, 9.17) is 20.9 Å². The highest BCUT2D eigenvalue weighted by molar-refractivity contribution is 6.64. The van der Waals surface area contributed by atoms with Crippen LogP contribution in [0.4, 0.5) is 0 Å². The predicted molar refractivity (Wildman–Crippen MR) is 92.6 cm³/mol. The zero-order chi connectivity index (χ0) is 16.0. The molecule has 2 aromatic carbocycles. The fourth-order valence-electron chi connectivity index (χ4n) is 2.57. The smallest absolute Gasteiger partial charge is 0.399 e. The number of hydrogen-bond acceptors (Lipinski definition) is 2. The Morgan fingerprint density at radius 1 is 0.864 bits per heavy atom. The molecule has 1 fully saturated rings. The van der Waals surface area contributed by atoms with Gasteiger partial charge in [0, 0.05) is 5.02 Å². The highest BCUT2D eigenvalue weighted by atomic mass is 35.5. The minimum atomic E-state index is -0.391. The Hall–Kier alpha value is -1.29. The van der Waals surface area contributed by atoms with Gasteiger partial charge in [0.2, 0.25) is 0 Å². The summed E-state index contributed by atoms with van der Waals surface area (Å²) < 4.78 is 12.4. The summed E-state index contributed by atoms with van der Waals surface area (Å²) in [6.45, 7) is 8.24. The minimum Gasteiger partial charge on any atom is -0.399 e. The quantitative estimate of drug-likeness (QED) is 0.769. The lowest BCUT2D eigenvalue weighted by Crippen LogP contribution is -2.41. The van der Waals surface area contributed by atoms with Gasteiger partial charge in [0.25, 0.3) is 0 Å². The van der Waals surface area contributed by atoms with E-state index in [-0.39, 0.29) is 11.2 Å². The molecule has 114 valence electrons. The van der Waals surface area contributed by atoms with Crippen LogP contribution in [0, 0.1) is 0 Å². The summed E-state index contributed by atoms with van der Waals surface area (Å²) in [4.78, 5) is 0. The van der Waals surface area contributed by atoms with Gasteiger partial charge in [-0.05, 0) is 56.4 Å². The Kier molecular flexibility index (Phi) is 3.84. The van der Waals surface area contributed by atoms with E-state index in [0.29, 0.717) is 5.02 Å². The summed E-state index contributed by atoms with van der Waals surface area (Å²) in [6.07, 6.45) is 0. The third-order valence-electron chi connectivity index (χ3n) is 4.61. The van der Waals surface area contributed by atoms with Crippen LogP contribution in [-0.4, -0.2) is 18.3 Å². The third kappa shape index (κ3) is 2.69. The van der Waals surface area contributed by atoms with Crippen LogP contribution >= 0.6 is 11.6 Å². The molecule has 1 saturated heterocycles. The first kappa shape index (κ1) is 15.6. The summed E-state index contributed by atoms with van der Waals surface area (Å²) in [6, 6.07) is 16.0. The summed E-state index contributed by atoms with van der Waals surface area (Å²) in [5.41, 5.74) is 2.45. The largest absolute Gasteiger partial charge is 0.495 e. The SMILES string of the molecule is CC1(C)OB(c2ccc(Cl)cc2-c2ccccc2)OC1(C)C. The van der Waals surface area contributed by atoms with E-state index in [1.54, 1.807) is 0 Å². The molecule has 0 aliphatic carbocycles. The van der Waals surface area contributed by atoms with Gasteiger partial charge < -0.3 is 9.31 Å². The van der Waals surface area contributed by atoms with Crippen LogP contribution in [0.2, 0.25) is 5.02 Å². The van der Waals surface area contributed by atoms with Gasteiger partial charge in [0.1, 0.15) is 0 Å². The highest BCUT2D eigenvalue weighted by Crippen LogP contribution is 2.37. The maximum Gasteiger partial charge on any atom is 0.495 e. The fraction of sp³-hybridized carbons (Fsp3) is 0.333. The standard InChI is InChI=1S/C18H20BClO2/c1-17(2)18(3,4)22-19(21-17)16-11-10-14(20)12-15(16)13-8-6-5-7-9-13/h5-12H,1-4H3. The van der Waals surface area contributed by atoms with Gasteiger partial charge in [0.05, 0.1) is 11.2 Å². The molecule has 0 aromatic heterocycles. The predicted octanol–water partition coefficient (Wildman–Crippen LogP) is 4.31. The molecule has 0 bridgehead atoms. The van der Waals surface area contributed by atoms with Gasteiger partial charge in [0.15, 0.2) is 0 Å². The van der Waals surface area contributed by atoms with Crippen molar-refractivity contribution in [3.8, 4) is 11.1 Å². The number of hydrogen-bond donors (Lipinski definition) is 0. The molecule has 0 atom stereocenters. The molecular formula is C18H20BClO2. The van der Waals surface area contributed by atoms with Crippen molar-refractivity contribution in [2.75, 3.05) is 0 Å². The molecule has 1 aliphatic rings. The fourth-order valence-corrected chi connectivity index (χ4v) is 2.74. The molecule has 0 N–H and O–H groups in total. The van der Waals surface area contributed by atoms with E-state index in [1.165, 1.54) is 0 Å². The first-order chi connectivity index (χ1) is 10.3. The molecule has 1 heterocycles. The van der Waals surface area contributed by atoms with Gasteiger partial charge in [-0.3, -0.25) is 0 Å². The lowest BCUT2D eigenvalue weighted by Gasteiger charge is -2.32. The molecular weight excluding hydrogens is 294 g/mol. The van der Waals surface area contributed by atoms with Crippen LogP contribution in [0.15, 0.2) is 48.5 Å². The van der Waals surface area contributed by atoms with Crippen molar-refractivity contribution in [3.05, 3.63) is 53.6 Å². The second kappa shape index (κ2) is 5.41. The van der Waals surface area contributed by atoms with Crippen molar-refractivity contribution in [3.63, 3.8) is 0 Å². The summed E-state index contributed by atoms with van der Waals surface area (Å²) in [7, 11) is -0.391. The summed E-state index contributed by atoms with van der Waals surface area (Å²) >= 11 is 6.20. The van der Waals surface area contributed by atoms with Crippen molar-refractivity contribution >= 4 is 24.2 Å². The van der Waals surface area contributed by atoms with Crippen molar-refractivity contribution in [1.82, 2.24) is 0 Å². The molecule has 2 nitrogen and oxygen atoms in total. The summed E-state index contributed by atoms with van der Waals surface area (Å²) in [5.74, 6) is 0. The van der Waals surface area contributed by atoms with E-state index >= 15 is 0 Å². The van der Waals surface area contributed by atoms with Crippen LogP contribution in [0.5, 0.6) is 0 Å². The van der Waals surface area contributed by atoms with Crippen LogP contribution in [0.3, 0.4) is 0 Å². The van der Waals surface area contributed by atoms with Gasteiger partial charge in [-0.2, -0.15) is 0 Å². The zero-order valence-corrected chi connectivity index (χ0v) is 14.1. The molecule has 3 rings (SSSR count). The first-order valence-corrected chi connectivity index (χ1v) is 7.88. The average molecular weight is 315 g/mol. The van der Waals surface area contributed by atoms with Crippen molar-refractivity contribution in [2.45, 2.75) is 38.9 Å². The van der Waals surface area contributed by atoms with Gasteiger partial charge in [-0.25, -0.2) is 0 Å². The lowest BCUT2D eigenvalue weighted by molar-refractivity contribution is 0.00578. The van der Waals surface area contributed by atoms with E-state index in [1.807, 2.05) is 36.4 Å². The van der Waals surface area contributed by atoms with Gasteiger partial charge in [-0.1, -0.05) is 48.0 Å². The van der Waals surface area contributed by atoms with Crippen LogP contribution < -0.4 is 5.46 Å². The van der Waals surface area contributed by atoms with Crippen LogP contribution in [0.1, 0.15) is 27.7 Å².